The van der Waals surface area contributed by atoms with Crippen molar-refractivity contribution in [3.8, 4) is 0 Å². The van der Waals surface area contributed by atoms with Crippen LogP contribution in [0, 0.1) is 0 Å². The van der Waals surface area contributed by atoms with Crippen LogP contribution in [0.1, 0.15) is 32.6 Å². The fraction of sp³-hybridized carbons (Fsp3) is 1.00. The molecule has 2 nitrogen and oxygen atoms in total. The lowest BCUT2D eigenvalue weighted by Crippen LogP contribution is -2.47. The Morgan fingerprint density at radius 3 is 2.38 bits per heavy atom. The highest BCUT2D eigenvalue weighted by atomic mass is 15.3. The molecular formula is C11H22N2. The van der Waals surface area contributed by atoms with Crippen molar-refractivity contribution in [2.24, 2.45) is 0 Å². The molecule has 1 saturated heterocycles. The Kier molecular flexibility index (Phi) is 2.89. The number of likely N-dealkylation sites (tertiary alicyclic amines) is 1. The zero-order valence-electron chi connectivity index (χ0n) is 9.00. The van der Waals surface area contributed by atoms with Crippen LogP contribution in [0.25, 0.3) is 0 Å². The highest BCUT2D eigenvalue weighted by Gasteiger charge is 2.32. The quantitative estimate of drug-likeness (QED) is 0.653. The minimum Gasteiger partial charge on any atom is -0.305 e. The molecular weight excluding hydrogens is 160 g/mol. The first-order valence-electron chi connectivity index (χ1n) is 5.75. The normalized spacial score (nSPS) is 31.2. The van der Waals surface area contributed by atoms with Crippen LogP contribution in [-0.2, 0) is 0 Å². The van der Waals surface area contributed by atoms with E-state index < -0.39 is 0 Å². The molecule has 0 aromatic rings. The summed E-state index contributed by atoms with van der Waals surface area (Å²) in [4.78, 5) is 5.21. The van der Waals surface area contributed by atoms with E-state index in [4.69, 9.17) is 0 Å². The molecule has 13 heavy (non-hydrogen) atoms. The molecule has 0 unspecified atom stereocenters. The van der Waals surface area contributed by atoms with Crippen LogP contribution in [0.15, 0.2) is 0 Å². The highest BCUT2D eigenvalue weighted by molar-refractivity contribution is 4.88. The van der Waals surface area contributed by atoms with E-state index in [0.717, 1.165) is 12.1 Å². The van der Waals surface area contributed by atoms with Crippen LogP contribution < -0.4 is 0 Å². The van der Waals surface area contributed by atoms with Gasteiger partial charge < -0.3 is 4.90 Å². The van der Waals surface area contributed by atoms with Crippen molar-refractivity contribution < 1.29 is 0 Å². The lowest BCUT2D eigenvalue weighted by atomic mass is 9.90. The Labute approximate surface area is 81.9 Å². The number of hydrogen-bond donors (Lipinski definition) is 0. The Hall–Kier alpha value is -0.0800. The Bertz CT molecular complexity index is 165. The summed E-state index contributed by atoms with van der Waals surface area (Å²) in [5, 5.41) is 0. The number of rotatable bonds is 3. The summed E-state index contributed by atoms with van der Waals surface area (Å²) in [6.45, 7) is 6.16. The molecule has 0 spiro atoms. The molecule has 2 fully saturated rings. The van der Waals surface area contributed by atoms with Gasteiger partial charge in [0, 0.05) is 18.6 Å². The summed E-state index contributed by atoms with van der Waals surface area (Å²) in [7, 11) is 2.24. The minimum absolute atomic E-state index is 0.861. The zero-order valence-corrected chi connectivity index (χ0v) is 9.00. The molecule has 1 atom stereocenters. The van der Waals surface area contributed by atoms with Gasteiger partial charge >= 0.3 is 0 Å². The van der Waals surface area contributed by atoms with Crippen LogP contribution in [0.2, 0.25) is 0 Å². The second-order valence-electron chi connectivity index (χ2n) is 4.62. The molecule has 2 rings (SSSR count). The Morgan fingerprint density at radius 2 is 2.00 bits per heavy atom. The maximum atomic E-state index is 2.74. The zero-order chi connectivity index (χ0) is 9.26. The van der Waals surface area contributed by atoms with Gasteiger partial charge in [0.2, 0.25) is 0 Å². The van der Waals surface area contributed by atoms with Gasteiger partial charge in [-0.15, -0.1) is 0 Å². The molecule has 2 aliphatic rings. The summed E-state index contributed by atoms with van der Waals surface area (Å²) < 4.78 is 0. The van der Waals surface area contributed by atoms with E-state index in [1.54, 1.807) is 0 Å². The first kappa shape index (κ1) is 9.47. The van der Waals surface area contributed by atoms with Crippen LogP contribution in [0.3, 0.4) is 0 Å². The molecule has 0 bridgehead atoms. The summed E-state index contributed by atoms with van der Waals surface area (Å²) in [6.07, 6.45) is 5.76. The molecule has 0 amide bonds. The molecule has 1 saturated carbocycles. The predicted molar refractivity (Wildman–Crippen MR) is 55.9 cm³/mol. The lowest BCUT2D eigenvalue weighted by Gasteiger charge is -2.40. The first-order chi connectivity index (χ1) is 6.31. The summed E-state index contributed by atoms with van der Waals surface area (Å²) >= 11 is 0. The SMILES string of the molecule is CCN(C1CCC1)[C@H]1CCN(C)C1. The van der Waals surface area contributed by atoms with Crippen molar-refractivity contribution >= 4 is 0 Å². The van der Waals surface area contributed by atoms with Crippen molar-refractivity contribution in [1.82, 2.24) is 9.80 Å². The first-order valence-corrected chi connectivity index (χ1v) is 5.75. The van der Waals surface area contributed by atoms with Gasteiger partial charge in [0.25, 0.3) is 0 Å². The molecule has 1 aliphatic carbocycles. The van der Waals surface area contributed by atoms with E-state index in [2.05, 4.69) is 23.8 Å². The standard InChI is InChI=1S/C11H22N2/c1-3-13(10-5-4-6-10)11-7-8-12(2)9-11/h10-11H,3-9H2,1-2H3/t11-/m0/s1. The summed E-state index contributed by atoms with van der Waals surface area (Å²) in [5.41, 5.74) is 0. The highest BCUT2D eigenvalue weighted by Crippen LogP contribution is 2.28. The van der Waals surface area contributed by atoms with E-state index in [-0.39, 0.29) is 0 Å². The average Bonchev–Trinajstić information content (AvgIpc) is 2.43. The molecule has 1 heterocycles. The Morgan fingerprint density at radius 1 is 1.23 bits per heavy atom. The van der Waals surface area contributed by atoms with E-state index in [1.807, 2.05) is 0 Å². The second-order valence-corrected chi connectivity index (χ2v) is 4.62. The topological polar surface area (TPSA) is 6.48 Å². The van der Waals surface area contributed by atoms with E-state index in [0.29, 0.717) is 0 Å². The van der Waals surface area contributed by atoms with E-state index in [1.165, 1.54) is 45.3 Å². The predicted octanol–water partition coefficient (Wildman–Crippen LogP) is 1.56. The fourth-order valence-corrected chi connectivity index (χ4v) is 2.72. The van der Waals surface area contributed by atoms with Gasteiger partial charge in [-0.3, -0.25) is 4.90 Å². The van der Waals surface area contributed by atoms with Gasteiger partial charge in [0.15, 0.2) is 0 Å². The summed E-state index contributed by atoms with van der Waals surface area (Å²) in [5.74, 6) is 0. The monoisotopic (exact) mass is 182 g/mol. The summed E-state index contributed by atoms with van der Waals surface area (Å²) in [6, 6.07) is 1.79. The maximum Gasteiger partial charge on any atom is 0.0238 e. The van der Waals surface area contributed by atoms with Gasteiger partial charge in [-0.1, -0.05) is 13.3 Å². The van der Waals surface area contributed by atoms with Crippen LogP contribution in [0.4, 0.5) is 0 Å². The van der Waals surface area contributed by atoms with Gasteiger partial charge in [-0.2, -0.15) is 0 Å². The van der Waals surface area contributed by atoms with Crippen molar-refractivity contribution in [3.05, 3.63) is 0 Å². The lowest BCUT2D eigenvalue weighted by molar-refractivity contribution is 0.0891. The smallest absolute Gasteiger partial charge is 0.0238 e. The van der Waals surface area contributed by atoms with E-state index in [9.17, 15) is 0 Å². The van der Waals surface area contributed by atoms with Gasteiger partial charge in [0.1, 0.15) is 0 Å². The number of hydrogen-bond acceptors (Lipinski definition) is 2. The Balaban J connectivity index is 1.88. The fourth-order valence-electron chi connectivity index (χ4n) is 2.72. The van der Waals surface area contributed by atoms with Gasteiger partial charge in [-0.25, -0.2) is 0 Å². The number of nitrogens with zero attached hydrogens (tertiary/aromatic N) is 2. The van der Waals surface area contributed by atoms with Crippen LogP contribution in [-0.4, -0.2) is 48.6 Å². The number of likely N-dealkylation sites (N-methyl/N-ethyl adjacent to an activating group) is 2. The molecule has 0 aromatic heterocycles. The molecule has 0 radical (unpaired) electrons. The van der Waals surface area contributed by atoms with Gasteiger partial charge in [0.05, 0.1) is 0 Å². The van der Waals surface area contributed by atoms with E-state index >= 15 is 0 Å². The average molecular weight is 182 g/mol. The van der Waals surface area contributed by atoms with Crippen molar-refractivity contribution in [1.29, 1.82) is 0 Å². The van der Waals surface area contributed by atoms with Crippen molar-refractivity contribution in [2.75, 3.05) is 26.7 Å². The third kappa shape index (κ3) is 1.89. The molecule has 1 aliphatic heterocycles. The molecule has 0 N–H and O–H groups in total. The largest absolute Gasteiger partial charge is 0.305 e. The molecule has 2 heteroatoms. The van der Waals surface area contributed by atoms with Crippen molar-refractivity contribution in [3.63, 3.8) is 0 Å². The maximum absolute atomic E-state index is 2.74. The minimum atomic E-state index is 0.861. The molecule has 76 valence electrons. The third-order valence-electron chi connectivity index (χ3n) is 3.74. The van der Waals surface area contributed by atoms with Crippen LogP contribution in [0.5, 0.6) is 0 Å². The van der Waals surface area contributed by atoms with Gasteiger partial charge in [-0.05, 0) is 39.4 Å². The molecule has 0 aromatic carbocycles. The van der Waals surface area contributed by atoms with Crippen molar-refractivity contribution in [2.45, 2.75) is 44.7 Å². The van der Waals surface area contributed by atoms with Crippen LogP contribution >= 0.6 is 0 Å². The third-order valence-corrected chi connectivity index (χ3v) is 3.74. The second kappa shape index (κ2) is 3.97.